The van der Waals surface area contributed by atoms with E-state index in [9.17, 15) is 14.7 Å². The minimum absolute atomic E-state index is 0.159. The molecule has 1 heterocycles. The highest BCUT2D eigenvalue weighted by molar-refractivity contribution is 9.10. The monoisotopic (exact) mass is 262 g/mol. The van der Waals surface area contributed by atoms with Gasteiger partial charge in [-0.2, -0.15) is 0 Å². The normalized spacial score (nSPS) is 33.7. The van der Waals surface area contributed by atoms with E-state index in [1.165, 1.54) is 0 Å². The van der Waals surface area contributed by atoms with Crippen LogP contribution in [0.2, 0.25) is 0 Å². The van der Waals surface area contributed by atoms with Crippen LogP contribution in [-0.4, -0.2) is 34.0 Å². The van der Waals surface area contributed by atoms with Gasteiger partial charge in [0.05, 0.1) is 10.6 Å². The van der Waals surface area contributed by atoms with Crippen molar-refractivity contribution in [2.45, 2.75) is 23.4 Å². The van der Waals surface area contributed by atoms with Crippen LogP contribution in [0, 0.1) is 5.92 Å². The number of amides is 2. The molecule has 1 aliphatic heterocycles. The molecule has 14 heavy (non-hydrogen) atoms. The Morgan fingerprint density at radius 3 is 2.71 bits per heavy atom. The van der Waals surface area contributed by atoms with E-state index < -0.39 is 23.8 Å². The van der Waals surface area contributed by atoms with Gasteiger partial charge in [0, 0.05) is 6.54 Å². The Kier molecular flexibility index (Phi) is 2.27. The van der Waals surface area contributed by atoms with E-state index in [0.29, 0.717) is 0 Å². The van der Waals surface area contributed by atoms with E-state index >= 15 is 0 Å². The first kappa shape index (κ1) is 9.92. The molecule has 0 radical (unpaired) electrons. The Balaban J connectivity index is 1.99. The van der Waals surface area contributed by atoms with E-state index in [1.807, 2.05) is 0 Å². The highest BCUT2D eigenvalue weighted by Gasteiger charge is 2.46. The summed E-state index contributed by atoms with van der Waals surface area (Å²) in [6.07, 6.45) is 0.823. The predicted molar refractivity (Wildman–Crippen MR) is 51.5 cm³/mol. The van der Waals surface area contributed by atoms with E-state index in [0.717, 1.165) is 12.8 Å². The Hall–Kier alpha value is -0.620. The molecule has 0 aromatic rings. The molecule has 1 aliphatic carbocycles. The third-order valence-electron chi connectivity index (χ3n) is 2.47. The van der Waals surface area contributed by atoms with Crippen LogP contribution < -0.4 is 10.6 Å². The number of alkyl halides is 1. The minimum atomic E-state index is -0.954. The van der Waals surface area contributed by atoms with Gasteiger partial charge in [-0.25, -0.2) is 0 Å². The van der Waals surface area contributed by atoms with Crippen molar-refractivity contribution >= 4 is 27.7 Å². The van der Waals surface area contributed by atoms with Crippen LogP contribution in [0.25, 0.3) is 0 Å². The maximum Gasteiger partial charge on any atom is 0.236 e. The van der Waals surface area contributed by atoms with Crippen molar-refractivity contribution in [2.24, 2.45) is 5.92 Å². The van der Waals surface area contributed by atoms with Gasteiger partial charge in [-0.05, 0) is 12.8 Å². The Labute approximate surface area is 89.4 Å². The molecule has 78 valence electrons. The SMILES string of the molecule is O=C1NCC(O)C1C(=O)NC1(Br)CC1. The zero-order valence-electron chi connectivity index (χ0n) is 7.42. The molecule has 2 rings (SSSR count). The number of aliphatic hydroxyl groups excluding tert-OH is 1. The van der Waals surface area contributed by atoms with Crippen molar-refractivity contribution in [3.8, 4) is 0 Å². The first-order valence-corrected chi connectivity index (χ1v) is 5.28. The van der Waals surface area contributed by atoms with Gasteiger partial charge in [-0.3, -0.25) is 9.59 Å². The van der Waals surface area contributed by atoms with Crippen LogP contribution >= 0.6 is 15.9 Å². The van der Waals surface area contributed by atoms with Gasteiger partial charge in [0.2, 0.25) is 11.8 Å². The number of rotatable bonds is 2. The fraction of sp³-hybridized carbons (Fsp3) is 0.750. The summed E-state index contributed by atoms with van der Waals surface area (Å²) >= 11 is 3.33. The smallest absolute Gasteiger partial charge is 0.236 e. The van der Waals surface area contributed by atoms with E-state index in [4.69, 9.17) is 0 Å². The van der Waals surface area contributed by atoms with Gasteiger partial charge in [-0.1, -0.05) is 15.9 Å². The average Bonchev–Trinajstić information content (AvgIpc) is 2.70. The quantitative estimate of drug-likeness (QED) is 0.343. The highest BCUT2D eigenvalue weighted by atomic mass is 79.9. The summed E-state index contributed by atoms with van der Waals surface area (Å²) in [7, 11) is 0. The van der Waals surface area contributed by atoms with E-state index in [2.05, 4.69) is 26.6 Å². The molecule has 2 aliphatic rings. The second kappa shape index (κ2) is 3.20. The predicted octanol–water partition coefficient (Wildman–Crippen LogP) is -0.905. The van der Waals surface area contributed by atoms with Crippen molar-refractivity contribution in [1.82, 2.24) is 10.6 Å². The van der Waals surface area contributed by atoms with Gasteiger partial charge >= 0.3 is 0 Å². The second-order valence-electron chi connectivity index (χ2n) is 3.74. The summed E-state index contributed by atoms with van der Waals surface area (Å²) in [5, 5.41) is 14.5. The summed E-state index contributed by atoms with van der Waals surface area (Å²) in [6, 6.07) is 0. The third kappa shape index (κ3) is 1.76. The van der Waals surface area contributed by atoms with Crippen LogP contribution in [0.15, 0.2) is 0 Å². The summed E-state index contributed by atoms with van der Waals surface area (Å²) in [4.78, 5) is 22.7. The van der Waals surface area contributed by atoms with Crippen LogP contribution in [0.4, 0.5) is 0 Å². The Morgan fingerprint density at radius 1 is 1.64 bits per heavy atom. The van der Waals surface area contributed by atoms with Crippen molar-refractivity contribution < 1.29 is 14.7 Å². The Morgan fingerprint density at radius 2 is 2.29 bits per heavy atom. The number of aliphatic hydroxyl groups is 1. The van der Waals surface area contributed by atoms with Gasteiger partial charge in [-0.15, -0.1) is 0 Å². The standard InChI is InChI=1S/C8H11BrN2O3/c9-8(1-2-8)11-7(14)5-4(12)3-10-6(5)13/h4-5,12H,1-3H2,(H,10,13)(H,11,14). The lowest BCUT2D eigenvalue weighted by Gasteiger charge is -2.14. The first-order valence-electron chi connectivity index (χ1n) is 4.49. The second-order valence-corrected chi connectivity index (χ2v) is 5.26. The summed E-state index contributed by atoms with van der Waals surface area (Å²) in [5.41, 5.74) is 0. The zero-order chi connectivity index (χ0) is 10.3. The summed E-state index contributed by atoms with van der Waals surface area (Å²) in [5.74, 6) is -1.75. The topological polar surface area (TPSA) is 78.4 Å². The lowest BCUT2D eigenvalue weighted by atomic mass is 10.1. The van der Waals surface area contributed by atoms with Crippen LogP contribution in [-0.2, 0) is 9.59 Å². The molecule has 1 saturated heterocycles. The number of hydrogen-bond donors (Lipinski definition) is 3. The average molecular weight is 263 g/mol. The molecule has 2 amide bonds. The van der Waals surface area contributed by atoms with Gasteiger partial charge in [0.1, 0.15) is 5.92 Å². The molecule has 0 aromatic carbocycles. The molecular formula is C8H11BrN2O3. The van der Waals surface area contributed by atoms with Crippen molar-refractivity contribution in [2.75, 3.05) is 6.54 Å². The summed E-state index contributed by atoms with van der Waals surface area (Å²) < 4.78 is -0.327. The number of carbonyl (C=O) groups excluding carboxylic acids is 2. The van der Waals surface area contributed by atoms with Crippen molar-refractivity contribution in [3.05, 3.63) is 0 Å². The number of hydrogen-bond acceptors (Lipinski definition) is 3. The van der Waals surface area contributed by atoms with Gasteiger partial charge < -0.3 is 15.7 Å². The molecule has 3 N–H and O–H groups in total. The number of β-amino-alcohol motifs (C(OH)–C–C–N with tert-alkyl or cyclic N) is 1. The lowest BCUT2D eigenvalue weighted by molar-refractivity contribution is -0.135. The summed E-state index contributed by atoms with van der Waals surface area (Å²) in [6.45, 7) is 0.159. The molecule has 1 saturated carbocycles. The third-order valence-corrected chi connectivity index (χ3v) is 3.46. The lowest BCUT2D eigenvalue weighted by Crippen LogP contribution is -2.43. The highest BCUT2D eigenvalue weighted by Crippen LogP contribution is 2.41. The van der Waals surface area contributed by atoms with E-state index in [-0.39, 0.29) is 11.0 Å². The van der Waals surface area contributed by atoms with Crippen LogP contribution in [0.5, 0.6) is 0 Å². The molecule has 0 spiro atoms. The number of carbonyl (C=O) groups is 2. The fourth-order valence-corrected chi connectivity index (χ4v) is 1.83. The first-order chi connectivity index (χ1) is 6.52. The molecule has 2 unspecified atom stereocenters. The van der Waals surface area contributed by atoms with Crippen molar-refractivity contribution in [1.29, 1.82) is 0 Å². The maximum absolute atomic E-state index is 11.6. The molecule has 0 bridgehead atoms. The maximum atomic E-state index is 11.6. The molecule has 0 aromatic heterocycles. The van der Waals surface area contributed by atoms with Gasteiger partial charge in [0.25, 0.3) is 0 Å². The zero-order valence-corrected chi connectivity index (χ0v) is 9.00. The number of nitrogens with one attached hydrogen (secondary N) is 2. The van der Waals surface area contributed by atoms with Crippen LogP contribution in [0.3, 0.4) is 0 Å². The Bertz CT molecular complexity index is 290. The number of halogens is 1. The molecule has 2 fully saturated rings. The largest absolute Gasteiger partial charge is 0.390 e. The van der Waals surface area contributed by atoms with E-state index in [1.54, 1.807) is 0 Å². The fourth-order valence-electron chi connectivity index (χ4n) is 1.43. The van der Waals surface area contributed by atoms with Crippen LogP contribution in [0.1, 0.15) is 12.8 Å². The molecule has 2 atom stereocenters. The minimum Gasteiger partial charge on any atom is -0.390 e. The molecule has 6 heteroatoms. The molecule has 5 nitrogen and oxygen atoms in total. The van der Waals surface area contributed by atoms with Gasteiger partial charge in [0.15, 0.2) is 0 Å². The van der Waals surface area contributed by atoms with Crippen molar-refractivity contribution in [3.63, 3.8) is 0 Å². The molecular weight excluding hydrogens is 252 g/mol.